The molecule has 0 atom stereocenters. The van der Waals surface area contributed by atoms with Crippen LogP contribution >= 0.6 is 0 Å². The summed E-state index contributed by atoms with van der Waals surface area (Å²) in [4.78, 5) is 0. The van der Waals surface area contributed by atoms with E-state index in [2.05, 4.69) is 0 Å². The first-order valence-corrected chi connectivity index (χ1v) is 2.99. The predicted octanol–water partition coefficient (Wildman–Crippen LogP) is 1.08. The summed E-state index contributed by atoms with van der Waals surface area (Å²) in [6.45, 7) is 1.78. The van der Waals surface area contributed by atoms with Crippen molar-refractivity contribution in [1.82, 2.24) is 0 Å². The number of nitrogens with two attached hydrogens (primary N) is 1. The Hall–Kier alpha value is -0.110. The molecule has 1 saturated carbocycles. The van der Waals surface area contributed by atoms with Gasteiger partial charge in [-0.2, -0.15) is 0 Å². The van der Waals surface area contributed by atoms with Gasteiger partial charge in [-0.15, -0.1) is 0 Å². The monoisotopic (exact) mass is 116 g/mol. The van der Waals surface area contributed by atoms with E-state index >= 15 is 0 Å². The van der Waals surface area contributed by atoms with E-state index in [1.807, 2.05) is 6.92 Å². The Morgan fingerprint density at radius 1 is 1.75 bits per heavy atom. The minimum absolute atomic E-state index is 0.0449. The molecule has 0 saturated heterocycles. The molecule has 0 heterocycles. The van der Waals surface area contributed by atoms with E-state index in [0.29, 0.717) is 0 Å². The zero-order valence-electron chi connectivity index (χ0n) is 5.15. The topological polar surface area (TPSA) is 26.0 Å². The van der Waals surface area contributed by atoms with E-state index in [1.165, 1.54) is 0 Å². The standard InChI is InChI=1S/C6H12FN/c1-6(8)2-5(3-6)4-7/h5H,2-4,8H2,1H3/i7-1. The van der Waals surface area contributed by atoms with Crippen LogP contribution in [-0.2, 0) is 0 Å². The Kier molecular flexibility index (Phi) is 1.27. The summed E-state index contributed by atoms with van der Waals surface area (Å²) in [6, 6.07) is 0. The minimum atomic E-state index is -0.188. The molecule has 0 radical (unpaired) electrons. The molecule has 48 valence electrons. The molecule has 1 nitrogen and oxygen atoms in total. The summed E-state index contributed by atoms with van der Waals surface area (Å²) in [5.74, 6) is 0.269. The van der Waals surface area contributed by atoms with Gasteiger partial charge >= 0.3 is 0 Å². The lowest BCUT2D eigenvalue weighted by Gasteiger charge is -2.40. The van der Waals surface area contributed by atoms with Crippen LogP contribution in [-0.4, -0.2) is 12.2 Å². The number of alkyl halides is 1. The summed E-state index contributed by atoms with van der Waals surface area (Å²) in [5, 5.41) is 0. The van der Waals surface area contributed by atoms with Gasteiger partial charge in [0.1, 0.15) is 0 Å². The van der Waals surface area contributed by atoms with Crippen LogP contribution in [0.1, 0.15) is 19.8 Å². The maximum absolute atomic E-state index is 11.7. The van der Waals surface area contributed by atoms with Gasteiger partial charge in [-0.3, -0.25) is 4.39 Å². The van der Waals surface area contributed by atoms with E-state index in [4.69, 9.17) is 5.73 Å². The fraction of sp³-hybridized carbons (Fsp3) is 1.00. The second kappa shape index (κ2) is 1.69. The van der Waals surface area contributed by atoms with Crippen molar-refractivity contribution in [2.45, 2.75) is 25.3 Å². The van der Waals surface area contributed by atoms with Crippen molar-refractivity contribution in [3.8, 4) is 0 Å². The molecule has 0 bridgehead atoms. The second-order valence-electron chi connectivity index (χ2n) is 3.08. The van der Waals surface area contributed by atoms with E-state index in [-0.39, 0.29) is 18.1 Å². The molecule has 1 fully saturated rings. The maximum atomic E-state index is 11.7. The first-order valence-electron chi connectivity index (χ1n) is 2.99. The van der Waals surface area contributed by atoms with Crippen LogP contribution in [0.2, 0.25) is 0 Å². The van der Waals surface area contributed by atoms with Crippen LogP contribution < -0.4 is 5.73 Å². The molecule has 2 N–H and O–H groups in total. The van der Waals surface area contributed by atoms with Crippen molar-refractivity contribution in [1.29, 1.82) is 0 Å². The first-order chi connectivity index (χ1) is 3.64. The molecule has 0 aromatic heterocycles. The fourth-order valence-electron chi connectivity index (χ4n) is 1.37. The average Bonchev–Trinajstić information content (AvgIpc) is 1.60. The lowest BCUT2D eigenvalue weighted by molar-refractivity contribution is 0.135. The zero-order chi connectivity index (χ0) is 6.20. The molecule has 2 heteroatoms. The summed E-state index contributed by atoms with van der Waals surface area (Å²) in [6.07, 6.45) is 1.73. The molecule has 0 aromatic rings. The van der Waals surface area contributed by atoms with E-state index in [1.54, 1.807) is 0 Å². The van der Waals surface area contributed by atoms with Crippen LogP contribution in [0.5, 0.6) is 0 Å². The molecule has 8 heavy (non-hydrogen) atoms. The van der Waals surface area contributed by atoms with Crippen LogP contribution in [0.15, 0.2) is 0 Å². The third kappa shape index (κ3) is 0.996. The van der Waals surface area contributed by atoms with Crippen LogP contribution in [0.25, 0.3) is 0 Å². The van der Waals surface area contributed by atoms with E-state index in [9.17, 15) is 4.39 Å². The van der Waals surface area contributed by atoms with Gasteiger partial charge in [0, 0.05) is 5.54 Å². The highest BCUT2D eigenvalue weighted by Gasteiger charge is 2.36. The molecular weight excluding hydrogens is 104 g/mol. The third-order valence-corrected chi connectivity index (χ3v) is 1.73. The van der Waals surface area contributed by atoms with Crippen molar-refractivity contribution in [3.05, 3.63) is 0 Å². The molecule has 1 aliphatic carbocycles. The maximum Gasteiger partial charge on any atom is 0.0923 e. The highest BCUT2D eigenvalue weighted by atomic mass is 18.2. The number of hydrogen-bond donors (Lipinski definition) is 1. The largest absolute Gasteiger partial charge is 0.325 e. The third-order valence-electron chi connectivity index (χ3n) is 1.73. The lowest BCUT2D eigenvalue weighted by atomic mass is 9.71. The van der Waals surface area contributed by atoms with Gasteiger partial charge in [0.25, 0.3) is 0 Å². The van der Waals surface area contributed by atoms with Gasteiger partial charge in [-0.1, -0.05) is 0 Å². The number of rotatable bonds is 1. The second-order valence-corrected chi connectivity index (χ2v) is 3.08. The summed E-state index contributed by atoms with van der Waals surface area (Å²) in [7, 11) is 0. The molecule has 0 aliphatic heterocycles. The Balaban J connectivity index is 2.21. The van der Waals surface area contributed by atoms with Crippen molar-refractivity contribution >= 4 is 0 Å². The van der Waals surface area contributed by atoms with E-state index < -0.39 is 0 Å². The highest BCUT2D eigenvalue weighted by molar-refractivity contribution is 4.93. The van der Waals surface area contributed by atoms with Crippen LogP contribution in [0, 0.1) is 5.92 Å². The minimum Gasteiger partial charge on any atom is -0.325 e. The quantitative estimate of drug-likeness (QED) is 0.545. The molecule has 1 rings (SSSR count). The van der Waals surface area contributed by atoms with Crippen molar-refractivity contribution < 1.29 is 4.39 Å². The van der Waals surface area contributed by atoms with Gasteiger partial charge in [0.15, 0.2) is 0 Å². The normalized spacial score (nSPS) is 46.1. The molecule has 0 unspecified atom stereocenters. The average molecular weight is 116 g/mol. The number of hydrogen-bond acceptors (Lipinski definition) is 1. The molecule has 0 amide bonds. The Labute approximate surface area is 49.1 Å². The van der Waals surface area contributed by atoms with Gasteiger partial charge in [0.05, 0.1) is 6.67 Å². The lowest BCUT2D eigenvalue weighted by Crippen LogP contribution is -2.49. The van der Waals surface area contributed by atoms with Crippen LogP contribution in [0.3, 0.4) is 0 Å². The summed E-state index contributed by atoms with van der Waals surface area (Å²) >= 11 is 0. The molecular formula is C6H12FN. The molecule has 0 spiro atoms. The Bertz CT molecular complexity index is 82.5. The zero-order valence-corrected chi connectivity index (χ0v) is 5.15. The van der Waals surface area contributed by atoms with Gasteiger partial charge < -0.3 is 5.73 Å². The highest BCUT2D eigenvalue weighted by Crippen LogP contribution is 2.34. The van der Waals surface area contributed by atoms with Gasteiger partial charge in [0.2, 0.25) is 0 Å². The summed E-state index contributed by atoms with van der Waals surface area (Å²) in [5.41, 5.74) is 5.58. The van der Waals surface area contributed by atoms with Crippen molar-refractivity contribution in [3.63, 3.8) is 0 Å². The fourth-order valence-corrected chi connectivity index (χ4v) is 1.37. The van der Waals surface area contributed by atoms with Crippen molar-refractivity contribution in [2.75, 3.05) is 6.67 Å². The smallest absolute Gasteiger partial charge is 0.0923 e. The Morgan fingerprint density at radius 3 is 2.38 bits per heavy atom. The van der Waals surface area contributed by atoms with Crippen LogP contribution in [0.4, 0.5) is 4.39 Å². The number of halogens is 1. The van der Waals surface area contributed by atoms with Crippen molar-refractivity contribution in [2.24, 2.45) is 11.7 Å². The Morgan fingerprint density at radius 2 is 2.25 bits per heavy atom. The SMILES string of the molecule is CC1(N)CC(C[18F])C1. The predicted molar refractivity (Wildman–Crippen MR) is 31.3 cm³/mol. The van der Waals surface area contributed by atoms with Gasteiger partial charge in [-0.25, -0.2) is 0 Å². The molecule has 0 aromatic carbocycles. The van der Waals surface area contributed by atoms with Gasteiger partial charge in [-0.05, 0) is 25.7 Å². The summed E-state index contributed by atoms with van der Waals surface area (Å²) < 4.78 is 11.7. The first kappa shape index (κ1) is 6.02. The van der Waals surface area contributed by atoms with E-state index in [0.717, 1.165) is 12.8 Å². The molecule has 1 aliphatic rings.